The summed E-state index contributed by atoms with van der Waals surface area (Å²) in [5.41, 5.74) is 0.0490. The average Bonchev–Trinajstić information content (AvgIpc) is 2.40. The topological polar surface area (TPSA) is 32.3 Å². The molecule has 0 spiro atoms. The van der Waals surface area contributed by atoms with Crippen LogP contribution < -0.4 is 5.32 Å². The lowest BCUT2D eigenvalue weighted by molar-refractivity contribution is 0.0755. The largest absolute Gasteiger partial charge is 0.394 e. The number of aliphatic hydroxyl groups is 1. The Bertz CT molecular complexity index is 237. The van der Waals surface area contributed by atoms with Crippen molar-refractivity contribution in [1.29, 1.82) is 0 Å². The second kappa shape index (κ2) is 6.38. The van der Waals surface area contributed by atoms with Gasteiger partial charge in [-0.05, 0) is 50.4 Å². The molecule has 0 amide bonds. The molecule has 2 heteroatoms. The van der Waals surface area contributed by atoms with Crippen molar-refractivity contribution in [1.82, 2.24) is 5.32 Å². The zero-order valence-corrected chi connectivity index (χ0v) is 12.3. The molecule has 0 bridgehead atoms. The lowest BCUT2D eigenvalue weighted by Crippen LogP contribution is -2.55. The molecule has 0 unspecified atom stereocenters. The maximum Gasteiger partial charge on any atom is 0.0613 e. The molecule has 0 atom stereocenters. The summed E-state index contributed by atoms with van der Waals surface area (Å²) in [6, 6.07) is 0.668. The first-order valence-corrected chi connectivity index (χ1v) is 8.04. The Labute approximate surface area is 113 Å². The highest BCUT2D eigenvalue weighted by Gasteiger charge is 2.37. The second-order valence-corrected chi connectivity index (χ2v) is 7.00. The molecule has 0 heterocycles. The van der Waals surface area contributed by atoms with Crippen LogP contribution in [0.15, 0.2) is 0 Å². The zero-order valence-electron chi connectivity index (χ0n) is 12.3. The summed E-state index contributed by atoms with van der Waals surface area (Å²) in [5, 5.41) is 13.7. The standard InChI is InChI=1S/C16H31NO/c1-13(2)14-8-10-16(12-18,11-9-14)17-15-6-4-3-5-7-15/h13-15,17-18H,3-12H2,1-2H3. The molecule has 0 aromatic heterocycles. The number of hydrogen-bond acceptors (Lipinski definition) is 2. The molecular weight excluding hydrogens is 222 g/mol. The van der Waals surface area contributed by atoms with Gasteiger partial charge in [0, 0.05) is 11.6 Å². The summed E-state index contributed by atoms with van der Waals surface area (Å²) in [7, 11) is 0. The SMILES string of the molecule is CC(C)C1CCC(CO)(NC2CCCCC2)CC1. The van der Waals surface area contributed by atoms with Gasteiger partial charge in [0.25, 0.3) is 0 Å². The van der Waals surface area contributed by atoms with Crippen molar-refractivity contribution < 1.29 is 5.11 Å². The number of aliphatic hydroxyl groups excluding tert-OH is 1. The first-order valence-electron chi connectivity index (χ1n) is 8.04. The van der Waals surface area contributed by atoms with Gasteiger partial charge >= 0.3 is 0 Å². The van der Waals surface area contributed by atoms with Crippen LogP contribution in [-0.4, -0.2) is 23.3 Å². The van der Waals surface area contributed by atoms with E-state index in [1.54, 1.807) is 0 Å². The molecule has 106 valence electrons. The highest BCUT2D eigenvalue weighted by atomic mass is 16.3. The van der Waals surface area contributed by atoms with E-state index in [0.717, 1.165) is 11.8 Å². The number of rotatable bonds is 4. The van der Waals surface area contributed by atoms with Crippen LogP contribution in [0.5, 0.6) is 0 Å². The smallest absolute Gasteiger partial charge is 0.0613 e. The van der Waals surface area contributed by atoms with E-state index in [9.17, 15) is 5.11 Å². The van der Waals surface area contributed by atoms with Crippen LogP contribution in [-0.2, 0) is 0 Å². The maximum atomic E-state index is 9.83. The zero-order chi connectivity index (χ0) is 13.0. The summed E-state index contributed by atoms with van der Waals surface area (Å²) in [4.78, 5) is 0. The van der Waals surface area contributed by atoms with E-state index in [4.69, 9.17) is 0 Å². The number of hydrogen-bond donors (Lipinski definition) is 2. The average molecular weight is 253 g/mol. The van der Waals surface area contributed by atoms with Gasteiger partial charge in [-0.2, -0.15) is 0 Å². The third-order valence-electron chi connectivity index (χ3n) is 5.35. The molecular formula is C16H31NO. The van der Waals surface area contributed by atoms with Crippen LogP contribution in [0.3, 0.4) is 0 Å². The van der Waals surface area contributed by atoms with Gasteiger partial charge in [0.1, 0.15) is 0 Å². The molecule has 2 aliphatic carbocycles. The lowest BCUT2D eigenvalue weighted by Gasteiger charge is -2.44. The van der Waals surface area contributed by atoms with E-state index in [0.29, 0.717) is 12.6 Å². The van der Waals surface area contributed by atoms with Gasteiger partial charge in [0.2, 0.25) is 0 Å². The summed E-state index contributed by atoms with van der Waals surface area (Å²) >= 11 is 0. The molecule has 2 fully saturated rings. The van der Waals surface area contributed by atoms with E-state index in [1.165, 1.54) is 57.8 Å². The molecule has 2 rings (SSSR count). The van der Waals surface area contributed by atoms with Crippen LogP contribution in [0, 0.1) is 11.8 Å². The third-order valence-corrected chi connectivity index (χ3v) is 5.35. The predicted molar refractivity (Wildman–Crippen MR) is 76.6 cm³/mol. The van der Waals surface area contributed by atoms with E-state index in [1.807, 2.05) is 0 Å². The van der Waals surface area contributed by atoms with E-state index < -0.39 is 0 Å². The van der Waals surface area contributed by atoms with Crippen molar-refractivity contribution in [3.63, 3.8) is 0 Å². The number of nitrogens with one attached hydrogen (secondary N) is 1. The van der Waals surface area contributed by atoms with E-state index >= 15 is 0 Å². The van der Waals surface area contributed by atoms with E-state index in [-0.39, 0.29) is 5.54 Å². The fourth-order valence-electron chi connectivity index (χ4n) is 3.89. The Balaban J connectivity index is 1.87. The highest BCUT2D eigenvalue weighted by Crippen LogP contribution is 2.36. The predicted octanol–water partition coefficient (Wildman–Crippen LogP) is 3.49. The quantitative estimate of drug-likeness (QED) is 0.804. The molecule has 0 saturated heterocycles. The van der Waals surface area contributed by atoms with Crippen LogP contribution in [0.2, 0.25) is 0 Å². The molecule has 0 radical (unpaired) electrons. The maximum absolute atomic E-state index is 9.83. The second-order valence-electron chi connectivity index (χ2n) is 7.00. The van der Waals surface area contributed by atoms with Gasteiger partial charge in [0.05, 0.1) is 6.61 Å². The first-order chi connectivity index (χ1) is 8.65. The van der Waals surface area contributed by atoms with Crippen molar-refractivity contribution in [3.05, 3.63) is 0 Å². The lowest BCUT2D eigenvalue weighted by atomic mass is 9.72. The fraction of sp³-hybridized carbons (Fsp3) is 1.00. The molecule has 0 aromatic rings. The van der Waals surface area contributed by atoms with Crippen molar-refractivity contribution in [2.45, 2.75) is 83.2 Å². The van der Waals surface area contributed by atoms with Gasteiger partial charge in [0.15, 0.2) is 0 Å². The fourth-order valence-corrected chi connectivity index (χ4v) is 3.89. The van der Waals surface area contributed by atoms with Crippen LogP contribution in [0.4, 0.5) is 0 Å². The van der Waals surface area contributed by atoms with Crippen molar-refractivity contribution in [2.24, 2.45) is 11.8 Å². The van der Waals surface area contributed by atoms with Crippen LogP contribution >= 0.6 is 0 Å². The van der Waals surface area contributed by atoms with Gasteiger partial charge in [-0.15, -0.1) is 0 Å². The molecule has 18 heavy (non-hydrogen) atoms. The third kappa shape index (κ3) is 3.48. The molecule has 2 aliphatic rings. The first kappa shape index (κ1) is 14.3. The summed E-state index contributed by atoms with van der Waals surface area (Å²) in [5.74, 6) is 1.68. The molecule has 0 aliphatic heterocycles. The van der Waals surface area contributed by atoms with Crippen LogP contribution in [0.25, 0.3) is 0 Å². The summed E-state index contributed by atoms with van der Waals surface area (Å²) in [6.07, 6.45) is 11.7. The van der Waals surface area contributed by atoms with Gasteiger partial charge < -0.3 is 10.4 Å². The molecule has 2 N–H and O–H groups in total. The Morgan fingerprint density at radius 2 is 1.67 bits per heavy atom. The van der Waals surface area contributed by atoms with E-state index in [2.05, 4.69) is 19.2 Å². The Kier molecular flexibility index (Phi) is 5.08. The summed E-state index contributed by atoms with van der Waals surface area (Å²) < 4.78 is 0. The van der Waals surface area contributed by atoms with Crippen molar-refractivity contribution >= 4 is 0 Å². The Morgan fingerprint density at radius 1 is 1.06 bits per heavy atom. The minimum atomic E-state index is 0.0490. The minimum Gasteiger partial charge on any atom is -0.394 e. The molecule has 2 saturated carbocycles. The molecule has 2 nitrogen and oxygen atoms in total. The minimum absolute atomic E-state index is 0.0490. The molecule has 0 aromatic carbocycles. The van der Waals surface area contributed by atoms with Crippen molar-refractivity contribution in [3.8, 4) is 0 Å². The summed E-state index contributed by atoms with van der Waals surface area (Å²) in [6.45, 7) is 5.00. The van der Waals surface area contributed by atoms with Gasteiger partial charge in [-0.1, -0.05) is 33.1 Å². The normalized spacial score (nSPS) is 35.0. The van der Waals surface area contributed by atoms with Gasteiger partial charge in [-0.3, -0.25) is 0 Å². The monoisotopic (exact) mass is 253 g/mol. The van der Waals surface area contributed by atoms with Gasteiger partial charge in [-0.25, -0.2) is 0 Å². The van der Waals surface area contributed by atoms with Crippen molar-refractivity contribution in [2.75, 3.05) is 6.61 Å². The Morgan fingerprint density at radius 3 is 2.17 bits per heavy atom. The van der Waals surface area contributed by atoms with Crippen LogP contribution in [0.1, 0.15) is 71.6 Å². The Hall–Kier alpha value is -0.0800. The highest BCUT2D eigenvalue weighted by molar-refractivity contribution is 4.95.